The van der Waals surface area contributed by atoms with E-state index in [1.165, 1.54) is 135 Å². The van der Waals surface area contributed by atoms with Gasteiger partial charge in [0.2, 0.25) is 0 Å². The van der Waals surface area contributed by atoms with Crippen LogP contribution in [0.25, 0.3) is 0 Å². The van der Waals surface area contributed by atoms with E-state index >= 15 is 0 Å². The standard InChI is InChI=1S/C29H57N/c1-3-5-7-9-11-12-13-14-15-16-17-18-19-20-22-24-26-28-29(30)27-25-23-21-10-8-6-4-2/h11-12,14-15,29H,3-10,13,16-28,30H2,1-2H3/b12-11+,15-14+. The molecule has 0 aliphatic carbocycles. The summed E-state index contributed by atoms with van der Waals surface area (Å²) < 4.78 is 0. The van der Waals surface area contributed by atoms with E-state index < -0.39 is 0 Å². The highest BCUT2D eigenvalue weighted by Crippen LogP contribution is 2.14. The summed E-state index contributed by atoms with van der Waals surface area (Å²) in [6.45, 7) is 4.55. The van der Waals surface area contributed by atoms with E-state index in [9.17, 15) is 0 Å². The summed E-state index contributed by atoms with van der Waals surface area (Å²) in [7, 11) is 0. The molecular formula is C29H57N. The van der Waals surface area contributed by atoms with Crippen LogP contribution in [0.2, 0.25) is 0 Å². The number of rotatable bonds is 24. The molecule has 0 saturated carbocycles. The van der Waals surface area contributed by atoms with E-state index in [4.69, 9.17) is 5.73 Å². The van der Waals surface area contributed by atoms with E-state index in [-0.39, 0.29) is 0 Å². The Morgan fingerprint density at radius 3 is 1.33 bits per heavy atom. The molecule has 1 unspecified atom stereocenters. The van der Waals surface area contributed by atoms with Crippen LogP contribution in [0.15, 0.2) is 24.3 Å². The van der Waals surface area contributed by atoms with Gasteiger partial charge in [-0.1, -0.05) is 134 Å². The number of hydrogen-bond acceptors (Lipinski definition) is 1. The summed E-state index contributed by atoms with van der Waals surface area (Å²) in [6, 6.07) is 0.457. The molecule has 0 heterocycles. The molecule has 2 N–H and O–H groups in total. The highest BCUT2D eigenvalue weighted by Gasteiger charge is 2.02. The molecule has 0 radical (unpaired) electrons. The Bertz CT molecular complexity index is 357. The third-order valence-electron chi connectivity index (χ3n) is 6.20. The normalized spacial score (nSPS) is 13.0. The van der Waals surface area contributed by atoms with Crippen LogP contribution in [-0.4, -0.2) is 6.04 Å². The molecule has 0 spiro atoms. The van der Waals surface area contributed by atoms with Crippen LogP contribution in [-0.2, 0) is 0 Å². The predicted molar refractivity (Wildman–Crippen MR) is 139 cm³/mol. The molecule has 178 valence electrons. The molecule has 0 aliphatic rings. The first kappa shape index (κ1) is 29.4. The molecule has 0 rings (SSSR count). The quantitative estimate of drug-likeness (QED) is 0.122. The highest BCUT2D eigenvalue weighted by atomic mass is 14.6. The molecule has 0 bridgehead atoms. The fourth-order valence-corrected chi connectivity index (χ4v) is 4.08. The average Bonchev–Trinajstić information content (AvgIpc) is 2.75. The maximum absolute atomic E-state index is 6.29. The Labute approximate surface area is 191 Å². The summed E-state index contributed by atoms with van der Waals surface area (Å²) in [5.74, 6) is 0. The van der Waals surface area contributed by atoms with Crippen LogP contribution in [0.5, 0.6) is 0 Å². The van der Waals surface area contributed by atoms with Crippen molar-refractivity contribution in [1.29, 1.82) is 0 Å². The summed E-state index contributed by atoms with van der Waals surface area (Å²) in [5, 5.41) is 0. The summed E-state index contributed by atoms with van der Waals surface area (Å²) in [5.41, 5.74) is 6.29. The minimum absolute atomic E-state index is 0.457. The first-order chi connectivity index (χ1) is 14.8. The lowest BCUT2D eigenvalue weighted by atomic mass is 10.0. The molecule has 0 aromatic heterocycles. The number of hydrogen-bond donors (Lipinski definition) is 1. The van der Waals surface area contributed by atoms with Crippen LogP contribution in [0.4, 0.5) is 0 Å². The second-order valence-corrected chi connectivity index (χ2v) is 9.40. The van der Waals surface area contributed by atoms with Gasteiger partial charge in [0.25, 0.3) is 0 Å². The summed E-state index contributed by atoms with van der Waals surface area (Å²) in [4.78, 5) is 0. The van der Waals surface area contributed by atoms with Crippen LogP contribution < -0.4 is 5.73 Å². The van der Waals surface area contributed by atoms with Crippen LogP contribution in [0, 0.1) is 0 Å². The van der Waals surface area contributed by atoms with Crippen molar-refractivity contribution in [3.63, 3.8) is 0 Å². The van der Waals surface area contributed by atoms with E-state index in [2.05, 4.69) is 38.2 Å². The molecular weight excluding hydrogens is 362 g/mol. The van der Waals surface area contributed by atoms with Crippen molar-refractivity contribution in [3.8, 4) is 0 Å². The van der Waals surface area contributed by atoms with E-state index in [1.54, 1.807) is 0 Å². The minimum atomic E-state index is 0.457. The monoisotopic (exact) mass is 419 g/mol. The van der Waals surface area contributed by atoms with Crippen molar-refractivity contribution >= 4 is 0 Å². The zero-order valence-corrected chi connectivity index (χ0v) is 21.0. The smallest absolute Gasteiger partial charge is 0.00388 e. The second-order valence-electron chi connectivity index (χ2n) is 9.40. The van der Waals surface area contributed by atoms with Crippen LogP contribution >= 0.6 is 0 Å². The maximum atomic E-state index is 6.29. The molecule has 0 aromatic carbocycles. The SMILES string of the molecule is CCCCC/C=C/C/C=C/CCCCCCCCCC(N)CCCCCCCCC. The Morgan fingerprint density at radius 1 is 0.467 bits per heavy atom. The lowest BCUT2D eigenvalue weighted by Gasteiger charge is -2.11. The molecule has 0 saturated heterocycles. The van der Waals surface area contributed by atoms with Crippen molar-refractivity contribution in [2.24, 2.45) is 5.73 Å². The topological polar surface area (TPSA) is 26.0 Å². The van der Waals surface area contributed by atoms with Gasteiger partial charge in [0, 0.05) is 6.04 Å². The summed E-state index contributed by atoms with van der Waals surface area (Å²) >= 11 is 0. The first-order valence-electron chi connectivity index (χ1n) is 13.9. The lowest BCUT2D eigenvalue weighted by Crippen LogP contribution is -2.19. The fraction of sp³-hybridized carbons (Fsp3) is 0.862. The zero-order chi connectivity index (χ0) is 22.0. The van der Waals surface area contributed by atoms with E-state index in [0.717, 1.165) is 6.42 Å². The molecule has 1 heteroatoms. The molecule has 0 fully saturated rings. The average molecular weight is 420 g/mol. The van der Waals surface area contributed by atoms with Crippen LogP contribution in [0.1, 0.15) is 155 Å². The Kier molecular flexibility index (Phi) is 26.0. The van der Waals surface area contributed by atoms with Crippen molar-refractivity contribution in [2.45, 2.75) is 161 Å². The van der Waals surface area contributed by atoms with E-state index in [0.29, 0.717) is 6.04 Å². The third-order valence-corrected chi connectivity index (χ3v) is 6.20. The fourth-order valence-electron chi connectivity index (χ4n) is 4.08. The van der Waals surface area contributed by atoms with Gasteiger partial charge in [-0.05, 0) is 44.9 Å². The van der Waals surface area contributed by atoms with Crippen molar-refractivity contribution in [2.75, 3.05) is 0 Å². The Hall–Kier alpha value is -0.560. The largest absolute Gasteiger partial charge is 0.328 e. The van der Waals surface area contributed by atoms with Crippen LogP contribution in [0.3, 0.4) is 0 Å². The van der Waals surface area contributed by atoms with Gasteiger partial charge in [-0.15, -0.1) is 0 Å². The third kappa shape index (κ3) is 25.5. The minimum Gasteiger partial charge on any atom is -0.328 e. The van der Waals surface area contributed by atoms with Crippen molar-refractivity contribution in [3.05, 3.63) is 24.3 Å². The molecule has 0 aromatic rings. The van der Waals surface area contributed by atoms with Crippen molar-refractivity contribution in [1.82, 2.24) is 0 Å². The number of allylic oxidation sites excluding steroid dienone is 4. The van der Waals surface area contributed by atoms with E-state index in [1.807, 2.05) is 0 Å². The lowest BCUT2D eigenvalue weighted by molar-refractivity contribution is 0.481. The molecule has 1 nitrogen and oxygen atoms in total. The molecule has 30 heavy (non-hydrogen) atoms. The molecule has 0 aliphatic heterocycles. The van der Waals surface area contributed by atoms with Gasteiger partial charge in [-0.3, -0.25) is 0 Å². The summed E-state index contributed by atoms with van der Waals surface area (Å²) in [6.07, 6.45) is 39.0. The van der Waals surface area contributed by atoms with Gasteiger partial charge in [-0.25, -0.2) is 0 Å². The van der Waals surface area contributed by atoms with Gasteiger partial charge in [0.1, 0.15) is 0 Å². The highest BCUT2D eigenvalue weighted by molar-refractivity contribution is 4.92. The number of unbranched alkanes of at least 4 members (excludes halogenated alkanes) is 16. The van der Waals surface area contributed by atoms with Gasteiger partial charge in [-0.2, -0.15) is 0 Å². The first-order valence-corrected chi connectivity index (χ1v) is 13.9. The zero-order valence-electron chi connectivity index (χ0n) is 21.0. The molecule has 0 amide bonds. The van der Waals surface area contributed by atoms with Gasteiger partial charge >= 0.3 is 0 Å². The Morgan fingerprint density at radius 2 is 0.833 bits per heavy atom. The van der Waals surface area contributed by atoms with Gasteiger partial charge < -0.3 is 5.73 Å². The van der Waals surface area contributed by atoms with Crippen molar-refractivity contribution < 1.29 is 0 Å². The van der Waals surface area contributed by atoms with Gasteiger partial charge in [0.05, 0.1) is 0 Å². The molecule has 1 atom stereocenters. The Balaban J connectivity index is 3.22. The number of nitrogens with two attached hydrogens (primary N) is 1. The maximum Gasteiger partial charge on any atom is 0.00388 e. The predicted octanol–water partition coefficient (Wildman–Crippen LogP) is 10.0. The van der Waals surface area contributed by atoms with Gasteiger partial charge in [0.15, 0.2) is 0 Å². The second kappa shape index (κ2) is 26.5.